The second-order valence-electron chi connectivity index (χ2n) is 5.29. The van der Waals surface area contributed by atoms with Gasteiger partial charge in [0.25, 0.3) is 0 Å². The van der Waals surface area contributed by atoms with E-state index in [1.54, 1.807) is 0 Å². The first kappa shape index (κ1) is 15.3. The van der Waals surface area contributed by atoms with Crippen LogP contribution < -0.4 is 4.90 Å². The van der Waals surface area contributed by atoms with E-state index in [4.69, 9.17) is 11.6 Å². The predicted molar refractivity (Wildman–Crippen MR) is 70.9 cm³/mol. The number of anilines is 1. The number of hydrogen-bond donors (Lipinski definition) is 0. The van der Waals surface area contributed by atoms with E-state index >= 15 is 0 Å². The molecule has 2 atom stereocenters. The fourth-order valence-corrected chi connectivity index (χ4v) is 2.70. The molecule has 2 unspecified atom stereocenters. The molecule has 112 valence electrons. The lowest BCUT2D eigenvalue weighted by Crippen LogP contribution is -2.34. The highest BCUT2D eigenvalue weighted by Gasteiger charge is 2.36. The summed E-state index contributed by atoms with van der Waals surface area (Å²) < 4.78 is 38.2. The number of hydrogen-bond acceptors (Lipinski definition) is 4. The zero-order valence-electron chi connectivity index (χ0n) is 11.4. The van der Waals surface area contributed by atoms with Crippen LogP contribution in [-0.4, -0.2) is 48.1 Å². The van der Waals surface area contributed by atoms with Crippen molar-refractivity contribution in [1.29, 1.82) is 0 Å². The molecule has 2 rings (SSSR count). The first-order chi connectivity index (χ1) is 9.18. The van der Waals surface area contributed by atoms with E-state index in [0.717, 1.165) is 6.07 Å². The SMILES string of the molecule is CC1CN(c2cc(C(F)(F)F)nc(Cl)n2)CC1N(C)C. The van der Waals surface area contributed by atoms with Gasteiger partial charge >= 0.3 is 6.18 Å². The molecule has 1 aromatic rings. The van der Waals surface area contributed by atoms with Crippen molar-refractivity contribution in [3.8, 4) is 0 Å². The summed E-state index contributed by atoms with van der Waals surface area (Å²) in [5, 5.41) is -0.379. The standard InChI is InChI=1S/C12H16ClF3N4/c1-7-5-20(6-8(7)19(2)3)10-4-9(12(14,15)16)17-11(13)18-10/h4,7-8H,5-6H2,1-3H3. The van der Waals surface area contributed by atoms with E-state index in [2.05, 4.69) is 21.8 Å². The van der Waals surface area contributed by atoms with Gasteiger partial charge in [-0.1, -0.05) is 6.92 Å². The quantitative estimate of drug-likeness (QED) is 0.786. The zero-order valence-corrected chi connectivity index (χ0v) is 12.2. The molecule has 0 aromatic carbocycles. The lowest BCUT2D eigenvalue weighted by atomic mass is 10.1. The highest BCUT2D eigenvalue weighted by molar-refractivity contribution is 6.28. The van der Waals surface area contributed by atoms with Crippen molar-refractivity contribution in [2.24, 2.45) is 5.92 Å². The van der Waals surface area contributed by atoms with Crippen LogP contribution in [0, 0.1) is 5.92 Å². The number of aromatic nitrogens is 2. The van der Waals surface area contributed by atoms with Crippen LogP contribution in [0.15, 0.2) is 6.07 Å². The van der Waals surface area contributed by atoms with Gasteiger partial charge in [0.2, 0.25) is 5.28 Å². The molecule has 0 spiro atoms. The van der Waals surface area contributed by atoms with Crippen LogP contribution in [-0.2, 0) is 6.18 Å². The van der Waals surface area contributed by atoms with Crippen molar-refractivity contribution in [2.75, 3.05) is 32.1 Å². The lowest BCUT2D eigenvalue weighted by Gasteiger charge is -2.22. The van der Waals surface area contributed by atoms with E-state index in [0.29, 0.717) is 19.0 Å². The number of halogens is 4. The van der Waals surface area contributed by atoms with Gasteiger partial charge in [-0.15, -0.1) is 0 Å². The molecular formula is C12H16ClF3N4. The highest BCUT2D eigenvalue weighted by Crippen LogP contribution is 2.32. The summed E-state index contributed by atoms with van der Waals surface area (Å²) in [7, 11) is 3.91. The third kappa shape index (κ3) is 3.15. The molecule has 20 heavy (non-hydrogen) atoms. The molecule has 0 aliphatic carbocycles. The monoisotopic (exact) mass is 308 g/mol. The molecule has 0 saturated carbocycles. The first-order valence-corrected chi connectivity index (χ1v) is 6.59. The van der Waals surface area contributed by atoms with E-state index in [1.165, 1.54) is 0 Å². The van der Waals surface area contributed by atoms with Gasteiger partial charge in [-0.05, 0) is 31.6 Å². The fourth-order valence-electron chi connectivity index (χ4n) is 2.52. The van der Waals surface area contributed by atoms with Crippen LogP contribution in [0.1, 0.15) is 12.6 Å². The Balaban J connectivity index is 2.28. The molecular weight excluding hydrogens is 293 g/mol. The molecule has 0 amide bonds. The fraction of sp³-hybridized carbons (Fsp3) is 0.667. The Kier molecular flexibility index (Phi) is 4.11. The Hall–Kier alpha value is -1.08. The Morgan fingerprint density at radius 3 is 2.45 bits per heavy atom. The second kappa shape index (κ2) is 5.37. The minimum absolute atomic E-state index is 0.230. The smallest absolute Gasteiger partial charge is 0.355 e. The van der Waals surface area contributed by atoms with Gasteiger partial charge in [-0.3, -0.25) is 0 Å². The number of alkyl halides is 3. The third-order valence-corrected chi connectivity index (χ3v) is 3.70. The summed E-state index contributed by atoms with van der Waals surface area (Å²) in [4.78, 5) is 11.0. The molecule has 0 N–H and O–H groups in total. The Labute approximate surface area is 120 Å². The van der Waals surface area contributed by atoms with Crippen molar-refractivity contribution in [3.63, 3.8) is 0 Å². The maximum absolute atomic E-state index is 12.7. The van der Waals surface area contributed by atoms with Crippen molar-refractivity contribution in [2.45, 2.75) is 19.1 Å². The Bertz CT molecular complexity index is 492. The average Bonchev–Trinajstić information content (AvgIpc) is 2.69. The van der Waals surface area contributed by atoms with E-state index in [-0.39, 0.29) is 17.1 Å². The third-order valence-electron chi connectivity index (χ3n) is 3.54. The minimum Gasteiger partial charge on any atom is -0.355 e. The summed E-state index contributed by atoms with van der Waals surface area (Å²) in [5.41, 5.74) is -1.01. The molecule has 1 aliphatic heterocycles. The van der Waals surface area contributed by atoms with Gasteiger partial charge in [0.15, 0.2) is 5.69 Å². The zero-order chi connectivity index (χ0) is 15.1. The van der Waals surface area contributed by atoms with Gasteiger partial charge in [0, 0.05) is 25.2 Å². The Morgan fingerprint density at radius 1 is 1.30 bits per heavy atom. The lowest BCUT2D eigenvalue weighted by molar-refractivity contribution is -0.141. The van der Waals surface area contributed by atoms with Crippen molar-refractivity contribution < 1.29 is 13.2 Å². The summed E-state index contributed by atoms with van der Waals surface area (Å²) in [6, 6.07) is 1.23. The van der Waals surface area contributed by atoms with Crippen LogP contribution in [0.4, 0.5) is 19.0 Å². The van der Waals surface area contributed by atoms with Crippen LogP contribution in [0.5, 0.6) is 0 Å². The van der Waals surface area contributed by atoms with Gasteiger partial charge in [0.05, 0.1) is 0 Å². The minimum atomic E-state index is -4.52. The van der Waals surface area contributed by atoms with Crippen molar-refractivity contribution in [3.05, 3.63) is 17.0 Å². The first-order valence-electron chi connectivity index (χ1n) is 6.21. The molecule has 4 nitrogen and oxygen atoms in total. The van der Waals surface area contributed by atoms with Gasteiger partial charge < -0.3 is 9.80 Å². The topological polar surface area (TPSA) is 32.3 Å². The van der Waals surface area contributed by atoms with Gasteiger partial charge in [-0.25, -0.2) is 9.97 Å². The predicted octanol–water partition coefficient (Wildman–Crippen LogP) is 2.54. The normalized spacial score (nSPS) is 23.7. The number of likely N-dealkylation sites (N-methyl/N-ethyl adjacent to an activating group) is 1. The van der Waals surface area contributed by atoms with Crippen LogP contribution in [0.3, 0.4) is 0 Å². The number of rotatable bonds is 2. The summed E-state index contributed by atoms with van der Waals surface area (Å²) in [5.74, 6) is 0.571. The van der Waals surface area contributed by atoms with Crippen molar-refractivity contribution in [1.82, 2.24) is 14.9 Å². The van der Waals surface area contributed by atoms with Gasteiger partial charge in [0.1, 0.15) is 5.82 Å². The van der Waals surface area contributed by atoms with E-state index in [9.17, 15) is 13.2 Å². The second-order valence-corrected chi connectivity index (χ2v) is 5.63. The maximum Gasteiger partial charge on any atom is 0.433 e. The van der Waals surface area contributed by atoms with E-state index in [1.807, 2.05) is 19.0 Å². The summed E-state index contributed by atoms with van der Waals surface area (Å²) in [6.45, 7) is 3.34. The van der Waals surface area contributed by atoms with Crippen molar-refractivity contribution >= 4 is 17.4 Å². The molecule has 1 saturated heterocycles. The highest BCUT2D eigenvalue weighted by atomic mass is 35.5. The molecule has 8 heteroatoms. The number of nitrogens with zero attached hydrogens (tertiary/aromatic N) is 4. The summed E-state index contributed by atoms with van der Waals surface area (Å²) in [6.07, 6.45) is -4.52. The van der Waals surface area contributed by atoms with Crippen LogP contribution in [0.2, 0.25) is 5.28 Å². The average molecular weight is 309 g/mol. The largest absolute Gasteiger partial charge is 0.433 e. The molecule has 0 bridgehead atoms. The van der Waals surface area contributed by atoms with E-state index < -0.39 is 11.9 Å². The molecule has 1 aromatic heterocycles. The molecule has 1 fully saturated rings. The molecule has 0 radical (unpaired) electrons. The maximum atomic E-state index is 12.7. The van der Waals surface area contributed by atoms with Crippen LogP contribution >= 0.6 is 11.6 Å². The molecule has 1 aliphatic rings. The summed E-state index contributed by atoms with van der Waals surface area (Å²) >= 11 is 5.61. The molecule has 2 heterocycles. The Morgan fingerprint density at radius 2 is 1.95 bits per heavy atom. The van der Waals surface area contributed by atoms with Crippen LogP contribution in [0.25, 0.3) is 0 Å². The van der Waals surface area contributed by atoms with Gasteiger partial charge in [-0.2, -0.15) is 13.2 Å².